The van der Waals surface area contributed by atoms with Gasteiger partial charge in [-0.25, -0.2) is 0 Å². The summed E-state index contributed by atoms with van der Waals surface area (Å²) in [4.78, 5) is 6.09. The van der Waals surface area contributed by atoms with Crippen molar-refractivity contribution in [1.82, 2.24) is 9.80 Å². The van der Waals surface area contributed by atoms with Crippen LogP contribution in [0.2, 0.25) is 0 Å². The van der Waals surface area contributed by atoms with Crippen LogP contribution in [0.5, 0.6) is 0 Å². The van der Waals surface area contributed by atoms with E-state index in [4.69, 9.17) is 0 Å². The number of benzene rings is 1. The molecule has 1 aromatic carbocycles. The van der Waals surface area contributed by atoms with Crippen LogP contribution in [0, 0.1) is 0 Å². The van der Waals surface area contributed by atoms with Gasteiger partial charge in [-0.1, -0.05) is 19.1 Å². The second-order valence-electron chi connectivity index (χ2n) is 5.45. The lowest BCUT2D eigenvalue weighted by Crippen LogP contribution is -2.44. The molecule has 1 atom stereocenters. The van der Waals surface area contributed by atoms with Crippen LogP contribution in [0.4, 0.5) is 0 Å². The van der Waals surface area contributed by atoms with Gasteiger partial charge in [-0.3, -0.25) is 0 Å². The van der Waals surface area contributed by atoms with E-state index in [2.05, 4.69) is 48.0 Å². The van der Waals surface area contributed by atoms with Gasteiger partial charge in [0.1, 0.15) is 0 Å². The van der Waals surface area contributed by atoms with E-state index in [9.17, 15) is 5.11 Å². The maximum absolute atomic E-state index is 10.3. The highest BCUT2D eigenvalue weighted by Gasteiger charge is 2.15. The summed E-state index contributed by atoms with van der Waals surface area (Å²) in [6.07, 6.45) is 0.486. The molecule has 0 aromatic heterocycles. The first-order valence-electron chi connectivity index (χ1n) is 7.50. The molecule has 20 heavy (non-hydrogen) atoms. The van der Waals surface area contributed by atoms with E-state index in [-0.39, 0.29) is 6.10 Å². The van der Waals surface area contributed by atoms with Gasteiger partial charge in [-0.05, 0) is 36.9 Å². The molecule has 1 N–H and O–H groups in total. The number of aliphatic hydroxyl groups is 1. The van der Waals surface area contributed by atoms with Gasteiger partial charge in [0.25, 0.3) is 0 Å². The first kappa shape index (κ1) is 15.8. The van der Waals surface area contributed by atoms with Gasteiger partial charge in [0.2, 0.25) is 0 Å². The van der Waals surface area contributed by atoms with Crippen LogP contribution in [0.1, 0.15) is 25.0 Å². The predicted octanol–water partition coefficient (Wildman–Crippen LogP) is 2.47. The Balaban J connectivity index is 1.77. The SMILES string of the molecule is CCSc1ccc(C(O)CCN2CCN(C)CC2)cc1. The molecule has 1 fully saturated rings. The highest BCUT2D eigenvalue weighted by atomic mass is 32.2. The minimum absolute atomic E-state index is 0.338. The van der Waals surface area contributed by atoms with E-state index in [1.54, 1.807) is 0 Å². The number of aliphatic hydroxyl groups excluding tert-OH is 1. The maximum Gasteiger partial charge on any atom is 0.0802 e. The summed E-state index contributed by atoms with van der Waals surface area (Å²) in [5, 5.41) is 10.3. The molecular formula is C16H26N2OS. The second-order valence-corrected chi connectivity index (χ2v) is 6.79. The minimum atomic E-state index is -0.338. The smallest absolute Gasteiger partial charge is 0.0802 e. The fourth-order valence-corrected chi connectivity index (χ4v) is 3.16. The van der Waals surface area contributed by atoms with Crippen molar-refractivity contribution in [3.05, 3.63) is 29.8 Å². The van der Waals surface area contributed by atoms with Crippen LogP contribution in [0.3, 0.4) is 0 Å². The zero-order chi connectivity index (χ0) is 14.4. The first-order chi connectivity index (χ1) is 9.69. The molecular weight excluding hydrogens is 268 g/mol. The Kier molecular flexibility index (Phi) is 6.36. The zero-order valence-electron chi connectivity index (χ0n) is 12.6. The van der Waals surface area contributed by atoms with Crippen LogP contribution >= 0.6 is 11.8 Å². The van der Waals surface area contributed by atoms with Crippen molar-refractivity contribution >= 4 is 11.8 Å². The Bertz CT molecular complexity index is 388. The molecule has 0 bridgehead atoms. The summed E-state index contributed by atoms with van der Waals surface area (Å²) in [5.41, 5.74) is 1.04. The molecule has 1 aliphatic rings. The summed E-state index contributed by atoms with van der Waals surface area (Å²) in [7, 11) is 2.17. The minimum Gasteiger partial charge on any atom is -0.388 e. The third kappa shape index (κ3) is 4.77. The molecule has 0 spiro atoms. The molecule has 0 aliphatic carbocycles. The Morgan fingerprint density at radius 2 is 1.80 bits per heavy atom. The third-order valence-corrected chi connectivity index (χ3v) is 4.78. The van der Waals surface area contributed by atoms with Crippen molar-refractivity contribution in [3.8, 4) is 0 Å². The van der Waals surface area contributed by atoms with Crippen molar-refractivity contribution in [2.24, 2.45) is 0 Å². The van der Waals surface area contributed by atoms with E-state index >= 15 is 0 Å². The lowest BCUT2D eigenvalue weighted by atomic mass is 10.1. The highest BCUT2D eigenvalue weighted by molar-refractivity contribution is 7.99. The fourth-order valence-electron chi connectivity index (χ4n) is 2.50. The van der Waals surface area contributed by atoms with Crippen LogP contribution < -0.4 is 0 Å². The first-order valence-corrected chi connectivity index (χ1v) is 8.49. The number of piperazine rings is 1. The van der Waals surface area contributed by atoms with Gasteiger partial charge in [-0.2, -0.15) is 0 Å². The number of rotatable bonds is 6. The molecule has 2 rings (SSSR count). The standard InChI is InChI=1S/C16H26N2OS/c1-3-20-15-6-4-14(5-7-15)16(19)8-9-18-12-10-17(2)11-13-18/h4-7,16,19H,3,8-13H2,1-2H3. The Morgan fingerprint density at radius 1 is 1.15 bits per heavy atom. The van der Waals surface area contributed by atoms with Crippen molar-refractivity contribution in [2.45, 2.75) is 24.3 Å². The molecule has 1 unspecified atom stereocenters. The van der Waals surface area contributed by atoms with E-state index in [0.717, 1.165) is 50.5 Å². The third-order valence-electron chi connectivity index (χ3n) is 3.89. The number of thioether (sulfide) groups is 1. The second kappa shape index (κ2) is 8.03. The monoisotopic (exact) mass is 294 g/mol. The van der Waals surface area contributed by atoms with Gasteiger partial charge < -0.3 is 14.9 Å². The highest BCUT2D eigenvalue weighted by Crippen LogP contribution is 2.22. The zero-order valence-corrected chi connectivity index (χ0v) is 13.4. The largest absolute Gasteiger partial charge is 0.388 e. The molecule has 1 saturated heterocycles. The summed E-state index contributed by atoms with van der Waals surface area (Å²) < 4.78 is 0. The van der Waals surface area contributed by atoms with E-state index in [0.29, 0.717) is 0 Å². The molecule has 3 nitrogen and oxygen atoms in total. The van der Waals surface area contributed by atoms with Crippen molar-refractivity contribution in [3.63, 3.8) is 0 Å². The van der Waals surface area contributed by atoms with Crippen molar-refractivity contribution < 1.29 is 5.11 Å². The quantitative estimate of drug-likeness (QED) is 0.816. The molecule has 0 saturated carbocycles. The topological polar surface area (TPSA) is 26.7 Å². The molecule has 0 amide bonds. The Hall–Kier alpha value is -0.550. The fraction of sp³-hybridized carbons (Fsp3) is 0.625. The lowest BCUT2D eigenvalue weighted by Gasteiger charge is -2.32. The predicted molar refractivity (Wildman–Crippen MR) is 86.4 cm³/mol. The van der Waals surface area contributed by atoms with Crippen LogP contribution in [0.25, 0.3) is 0 Å². The summed E-state index contributed by atoms with van der Waals surface area (Å²) in [6.45, 7) is 7.66. The van der Waals surface area contributed by atoms with E-state index in [1.165, 1.54) is 4.90 Å². The van der Waals surface area contributed by atoms with Gasteiger partial charge >= 0.3 is 0 Å². The van der Waals surface area contributed by atoms with Gasteiger partial charge in [-0.15, -0.1) is 11.8 Å². The summed E-state index contributed by atoms with van der Waals surface area (Å²) >= 11 is 1.84. The number of hydrogen-bond donors (Lipinski definition) is 1. The summed E-state index contributed by atoms with van der Waals surface area (Å²) in [6, 6.07) is 8.35. The van der Waals surface area contributed by atoms with E-state index < -0.39 is 0 Å². The Labute approximate surface area is 127 Å². The molecule has 4 heteroatoms. The normalized spacial score (nSPS) is 19.1. The lowest BCUT2D eigenvalue weighted by molar-refractivity contribution is 0.113. The number of likely N-dealkylation sites (N-methyl/N-ethyl adjacent to an activating group) is 1. The molecule has 1 heterocycles. The van der Waals surface area contributed by atoms with Gasteiger partial charge in [0, 0.05) is 37.6 Å². The van der Waals surface area contributed by atoms with Crippen LogP contribution in [-0.4, -0.2) is 60.4 Å². The molecule has 112 valence electrons. The number of hydrogen-bond acceptors (Lipinski definition) is 4. The molecule has 0 radical (unpaired) electrons. The van der Waals surface area contributed by atoms with E-state index in [1.807, 2.05) is 11.8 Å². The van der Waals surface area contributed by atoms with Crippen LogP contribution in [-0.2, 0) is 0 Å². The molecule has 1 aliphatic heterocycles. The summed E-state index contributed by atoms with van der Waals surface area (Å²) in [5.74, 6) is 1.09. The van der Waals surface area contributed by atoms with Crippen molar-refractivity contribution in [2.75, 3.05) is 45.5 Å². The molecule has 1 aromatic rings. The van der Waals surface area contributed by atoms with Crippen LogP contribution in [0.15, 0.2) is 29.2 Å². The Morgan fingerprint density at radius 3 is 2.40 bits per heavy atom. The average molecular weight is 294 g/mol. The maximum atomic E-state index is 10.3. The average Bonchev–Trinajstić information content (AvgIpc) is 2.47. The van der Waals surface area contributed by atoms with Gasteiger partial charge in [0.05, 0.1) is 6.10 Å². The van der Waals surface area contributed by atoms with Gasteiger partial charge in [0.15, 0.2) is 0 Å². The number of nitrogens with zero attached hydrogens (tertiary/aromatic N) is 2. The van der Waals surface area contributed by atoms with Crippen molar-refractivity contribution in [1.29, 1.82) is 0 Å².